The van der Waals surface area contributed by atoms with Crippen molar-refractivity contribution in [1.82, 2.24) is 4.98 Å². The van der Waals surface area contributed by atoms with Gasteiger partial charge in [-0.15, -0.1) is 0 Å². The molecular formula is C17H17NO2. The number of ether oxygens (including phenoxy) is 1. The Hall–Kier alpha value is -2.42. The van der Waals surface area contributed by atoms with Crippen molar-refractivity contribution in [2.45, 2.75) is 13.8 Å². The lowest BCUT2D eigenvalue weighted by Gasteiger charge is -2.07. The number of hydrogen-bond acceptors (Lipinski definition) is 3. The number of pyridine rings is 1. The molecule has 0 atom stereocenters. The molecule has 0 spiro atoms. The fraction of sp³-hybridized carbons (Fsp3) is 0.176. The molecule has 0 saturated heterocycles. The van der Waals surface area contributed by atoms with Crippen molar-refractivity contribution < 1.29 is 9.53 Å². The predicted molar refractivity (Wildman–Crippen MR) is 79.5 cm³/mol. The molecule has 0 N–H and O–H groups in total. The molecule has 1 heterocycles. The topological polar surface area (TPSA) is 39.2 Å². The molecule has 0 bridgehead atoms. The van der Waals surface area contributed by atoms with Crippen LogP contribution in [0.3, 0.4) is 0 Å². The van der Waals surface area contributed by atoms with Gasteiger partial charge in [0.05, 0.1) is 17.0 Å². The lowest BCUT2D eigenvalue weighted by atomic mass is 10.1. The normalized spacial score (nSPS) is 10.7. The minimum absolute atomic E-state index is 0.287. The number of allylic oxidation sites excluding steroid dienone is 1. The SMILES string of the molecule is C/C=C/COC(=O)c1ccc(-c2ccccc2)nc1C. The third-order valence-electron chi connectivity index (χ3n) is 2.92. The van der Waals surface area contributed by atoms with E-state index in [4.69, 9.17) is 4.74 Å². The van der Waals surface area contributed by atoms with Crippen molar-refractivity contribution in [3.05, 3.63) is 65.9 Å². The Bertz CT molecular complexity index is 618. The van der Waals surface area contributed by atoms with Gasteiger partial charge in [0.1, 0.15) is 6.61 Å². The Kier molecular flexibility index (Phi) is 4.66. The molecular weight excluding hydrogens is 250 g/mol. The molecule has 0 saturated carbocycles. The van der Waals surface area contributed by atoms with E-state index in [1.807, 2.05) is 56.3 Å². The van der Waals surface area contributed by atoms with Crippen LogP contribution in [0.1, 0.15) is 23.0 Å². The highest BCUT2D eigenvalue weighted by atomic mass is 16.5. The summed E-state index contributed by atoms with van der Waals surface area (Å²) in [7, 11) is 0. The highest BCUT2D eigenvalue weighted by Gasteiger charge is 2.12. The van der Waals surface area contributed by atoms with E-state index in [0.717, 1.165) is 11.3 Å². The first-order valence-electron chi connectivity index (χ1n) is 6.53. The minimum atomic E-state index is -0.340. The standard InChI is InChI=1S/C17H17NO2/c1-3-4-12-20-17(19)15-10-11-16(18-13(15)2)14-8-6-5-7-9-14/h3-11H,12H2,1-2H3/b4-3+. The quantitative estimate of drug-likeness (QED) is 0.625. The van der Waals surface area contributed by atoms with Crippen LogP contribution in [0.15, 0.2) is 54.6 Å². The number of benzene rings is 1. The summed E-state index contributed by atoms with van der Waals surface area (Å²) in [4.78, 5) is 16.4. The van der Waals surface area contributed by atoms with Crippen molar-refractivity contribution in [1.29, 1.82) is 0 Å². The van der Waals surface area contributed by atoms with Gasteiger partial charge in [0.15, 0.2) is 0 Å². The fourth-order valence-electron chi connectivity index (χ4n) is 1.84. The van der Waals surface area contributed by atoms with Crippen LogP contribution in [0.4, 0.5) is 0 Å². The predicted octanol–water partition coefficient (Wildman–Crippen LogP) is 3.79. The van der Waals surface area contributed by atoms with E-state index in [0.29, 0.717) is 11.3 Å². The van der Waals surface area contributed by atoms with Crippen molar-refractivity contribution >= 4 is 5.97 Å². The van der Waals surface area contributed by atoms with Crippen LogP contribution >= 0.6 is 0 Å². The molecule has 1 aromatic carbocycles. The number of carbonyl (C=O) groups excluding carboxylic acids is 1. The van der Waals surface area contributed by atoms with E-state index < -0.39 is 0 Å². The summed E-state index contributed by atoms with van der Waals surface area (Å²) < 4.78 is 5.13. The Morgan fingerprint density at radius 1 is 1.20 bits per heavy atom. The van der Waals surface area contributed by atoms with Crippen molar-refractivity contribution in [2.24, 2.45) is 0 Å². The second kappa shape index (κ2) is 6.66. The summed E-state index contributed by atoms with van der Waals surface area (Å²) >= 11 is 0. The largest absolute Gasteiger partial charge is 0.458 e. The van der Waals surface area contributed by atoms with Crippen LogP contribution in [-0.2, 0) is 4.74 Å². The maximum atomic E-state index is 11.9. The molecule has 102 valence electrons. The number of aromatic nitrogens is 1. The summed E-state index contributed by atoms with van der Waals surface area (Å²) in [6.45, 7) is 3.99. The maximum Gasteiger partial charge on any atom is 0.340 e. The van der Waals surface area contributed by atoms with Crippen LogP contribution in [0.5, 0.6) is 0 Å². The number of esters is 1. The first kappa shape index (κ1) is 14.0. The molecule has 0 aliphatic heterocycles. The zero-order valence-corrected chi connectivity index (χ0v) is 11.7. The van der Waals surface area contributed by atoms with Gasteiger partial charge in [-0.3, -0.25) is 4.98 Å². The summed E-state index contributed by atoms with van der Waals surface area (Å²) in [5, 5.41) is 0. The number of nitrogens with zero attached hydrogens (tertiary/aromatic N) is 1. The van der Waals surface area contributed by atoms with E-state index in [1.54, 1.807) is 12.1 Å². The molecule has 0 fully saturated rings. The molecule has 2 aromatic rings. The molecule has 3 nitrogen and oxygen atoms in total. The highest BCUT2D eigenvalue weighted by Crippen LogP contribution is 2.18. The Morgan fingerprint density at radius 2 is 1.95 bits per heavy atom. The molecule has 3 heteroatoms. The van der Waals surface area contributed by atoms with Crippen molar-refractivity contribution in [3.8, 4) is 11.3 Å². The van der Waals surface area contributed by atoms with E-state index in [1.165, 1.54) is 0 Å². The maximum absolute atomic E-state index is 11.9. The molecule has 20 heavy (non-hydrogen) atoms. The molecule has 0 amide bonds. The van der Waals surface area contributed by atoms with Gasteiger partial charge in [-0.25, -0.2) is 4.79 Å². The van der Waals surface area contributed by atoms with Crippen LogP contribution in [0.25, 0.3) is 11.3 Å². The Balaban J connectivity index is 2.20. The van der Waals surface area contributed by atoms with Gasteiger partial charge in [-0.1, -0.05) is 42.5 Å². The zero-order chi connectivity index (χ0) is 14.4. The van der Waals surface area contributed by atoms with Gasteiger partial charge in [-0.2, -0.15) is 0 Å². The second-order valence-corrected chi connectivity index (χ2v) is 4.36. The minimum Gasteiger partial charge on any atom is -0.458 e. The summed E-state index contributed by atoms with van der Waals surface area (Å²) in [6, 6.07) is 13.5. The Labute approximate surface area is 118 Å². The van der Waals surface area contributed by atoms with Gasteiger partial charge in [0.2, 0.25) is 0 Å². The van der Waals surface area contributed by atoms with E-state index >= 15 is 0 Å². The average molecular weight is 267 g/mol. The highest BCUT2D eigenvalue weighted by molar-refractivity contribution is 5.91. The Morgan fingerprint density at radius 3 is 2.60 bits per heavy atom. The van der Waals surface area contributed by atoms with E-state index in [-0.39, 0.29) is 12.6 Å². The second-order valence-electron chi connectivity index (χ2n) is 4.36. The summed E-state index contributed by atoms with van der Waals surface area (Å²) in [5.74, 6) is -0.340. The van der Waals surface area contributed by atoms with Gasteiger partial charge in [0, 0.05) is 5.56 Å². The summed E-state index contributed by atoms with van der Waals surface area (Å²) in [6.07, 6.45) is 3.63. The van der Waals surface area contributed by atoms with Gasteiger partial charge in [0.25, 0.3) is 0 Å². The van der Waals surface area contributed by atoms with E-state index in [9.17, 15) is 4.79 Å². The van der Waals surface area contributed by atoms with Crippen LogP contribution < -0.4 is 0 Å². The molecule has 0 unspecified atom stereocenters. The molecule has 1 aromatic heterocycles. The zero-order valence-electron chi connectivity index (χ0n) is 11.7. The molecule has 2 rings (SSSR count). The van der Waals surface area contributed by atoms with Crippen LogP contribution in [0.2, 0.25) is 0 Å². The number of aryl methyl sites for hydroxylation is 1. The molecule has 0 aliphatic carbocycles. The van der Waals surface area contributed by atoms with Gasteiger partial charge < -0.3 is 4.74 Å². The van der Waals surface area contributed by atoms with Crippen molar-refractivity contribution in [2.75, 3.05) is 6.61 Å². The fourth-order valence-corrected chi connectivity index (χ4v) is 1.84. The monoisotopic (exact) mass is 267 g/mol. The first-order valence-corrected chi connectivity index (χ1v) is 6.53. The number of carbonyl (C=O) groups is 1. The third-order valence-corrected chi connectivity index (χ3v) is 2.92. The van der Waals surface area contributed by atoms with Crippen LogP contribution in [0, 0.1) is 6.92 Å². The van der Waals surface area contributed by atoms with Crippen molar-refractivity contribution in [3.63, 3.8) is 0 Å². The number of hydrogen-bond donors (Lipinski definition) is 0. The van der Waals surface area contributed by atoms with Crippen LogP contribution in [-0.4, -0.2) is 17.6 Å². The first-order chi connectivity index (χ1) is 9.72. The molecule has 0 radical (unpaired) electrons. The average Bonchev–Trinajstić information content (AvgIpc) is 2.48. The third kappa shape index (κ3) is 3.32. The smallest absolute Gasteiger partial charge is 0.340 e. The van der Waals surface area contributed by atoms with Gasteiger partial charge in [-0.05, 0) is 26.0 Å². The molecule has 0 aliphatic rings. The van der Waals surface area contributed by atoms with Gasteiger partial charge >= 0.3 is 5.97 Å². The lowest BCUT2D eigenvalue weighted by Crippen LogP contribution is -2.08. The summed E-state index contributed by atoms with van der Waals surface area (Å²) in [5.41, 5.74) is 3.07. The lowest BCUT2D eigenvalue weighted by molar-refractivity contribution is 0.0548. The van der Waals surface area contributed by atoms with E-state index in [2.05, 4.69) is 4.98 Å². The number of rotatable bonds is 4.